The van der Waals surface area contributed by atoms with Crippen LogP contribution in [0.25, 0.3) is 0 Å². The van der Waals surface area contributed by atoms with Crippen LogP contribution < -0.4 is 9.04 Å². The second-order valence-corrected chi connectivity index (χ2v) is 7.22. The van der Waals surface area contributed by atoms with Crippen LogP contribution in [0.5, 0.6) is 5.75 Å². The summed E-state index contributed by atoms with van der Waals surface area (Å²) in [4.78, 5) is 12.2. The van der Waals surface area contributed by atoms with Gasteiger partial charge in [-0.25, -0.2) is 13.2 Å². The first-order valence-electron chi connectivity index (χ1n) is 7.65. The molecule has 0 aliphatic carbocycles. The summed E-state index contributed by atoms with van der Waals surface area (Å²) in [5.74, 6) is 2.23. The lowest BCUT2D eigenvalue weighted by Crippen LogP contribution is -2.33. The molecule has 0 unspecified atom stereocenters. The number of esters is 1. The Bertz CT molecular complexity index is 943. The Kier molecular flexibility index (Phi) is 5.90. The number of carbonyl (C=O) groups is 1. The van der Waals surface area contributed by atoms with Gasteiger partial charge in [0.05, 0.1) is 36.9 Å². The maximum atomic E-state index is 13.2. The molecule has 0 bridgehead atoms. The summed E-state index contributed by atoms with van der Waals surface area (Å²) in [5, 5.41) is 0. The van der Waals surface area contributed by atoms with Crippen LogP contribution in [0.3, 0.4) is 0 Å². The molecule has 2 aromatic carbocycles. The Hall–Kier alpha value is -2.98. The van der Waals surface area contributed by atoms with Crippen molar-refractivity contribution in [1.29, 1.82) is 0 Å². The first kappa shape index (κ1) is 19.3. The van der Waals surface area contributed by atoms with E-state index in [1.807, 2.05) is 0 Å². The zero-order chi connectivity index (χ0) is 19.3. The van der Waals surface area contributed by atoms with Crippen molar-refractivity contribution in [3.05, 3.63) is 53.6 Å². The molecule has 0 radical (unpaired) electrons. The van der Waals surface area contributed by atoms with Crippen molar-refractivity contribution in [1.82, 2.24) is 0 Å². The van der Waals surface area contributed by atoms with Crippen LogP contribution in [0.2, 0.25) is 0 Å². The predicted octanol–water partition coefficient (Wildman–Crippen LogP) is 2.62. The smallest absolute Gasteiger partial charge is 0.340 e. The van der Waals surface area contributed by atoms with E-state index in [-0.39, 0.29) is 22.7 Å². The summed E-state index contributed by atoms with van der Waals surface area (Å²) >= 11 is 0. The highest BCUT2D eigenvalue weighted by molar-refractivity contribution is 7.92. The van der Waals surface area contributed by atoms with E-state index in [0.717, 1.165) is 4.31 Å². The molecule has 0 saturated carbocycles. The molecular weight excluding hydrogens is 354 g/mol. The minimum Gasteiger partial charge on any atom is -0.497 e. The Labute approximate surface area is 153 Å². The van der Waals surface area contributed by atoms with Gasteiger partial charge in [0, 0.05) is 0 Å². The third-order valence-corrected chi connectivity index (χ3v) is 5.53. The molecule has 7 heteroatoms. The maximum Gasteiger partial charge on any atom is 0.340 e. The molecule has 0 amide bonds. The molecule has 6 nitrogen and oxygen atoms in total. The summed E-state index contributed by atoms with van der Waals surface area (Å²) in [6.45, 7) is 1.47. The van der Waals surface area contributed by atoms with E-state index in [0.29, 0.717) is 11.3 Å². The van der Waals surface area contributed by atoms with E-state index >= 15 is 0 Å². The molecule has 0 aliphatic rings. The molecule has 0 aromatic heterocycles. The van der Waals surface area contributed by atoms with Crippen LogP contribution in [0, 0.1) is 19.3 Å². The number of rotatable bonds is 6. The summed E-state index contributed by atoms with van der Waals surface area (Å²) in [5.41, 5.74) is 0.910. The van der Waals surface area contributed by atoms with Crippen molar-refractivity contribution in [2.75, 3.05) is 25.1 Å². The van der Waals surface area contributed by atoms with Gasteiger partial charge in [-0.3, -0.25) is 4.31 Å². The zero-order valence-corrected chi connectivity index (χ0v) is 15.5. The average Bonchev–Trinajstić information content (AvgIpc) is 2.65. The number of nitrogens with zero attached hydrogens (tertiary/aromatic N) is 1. The average molecular weight is 373 g/mol. The molecule has 136 valence electrons. The van der Waals surface area contributed by atoms with Gasteiger partial charge in [0.15, 0.2) is 0 Å². The SMILES string of the molecule is C#CCN(c1c(C)cccc1C(=O)OC)S(=O)(=O)c1ccc(OC)cc1. The summed E-state index contributed by atoms with van der Waals surface area (Å²) in [6, 6.07) is 10.8. The minimum atomic E-state index is -4.00. The van der Waals surface area contributed by atoms with Crippen molar-refractivity contribution >= 4 is 21.7 Å². The highest BCUT2D eigenvalue weighted by Gasteiger charge is 2.29. The fraction of sp³-hybridized carbons (Fsp3) is 0.211. The van der Waals surface area contributed by atoms with Crippen LogP contribution in [-0.4, -0.2) is 35.2 Å². The number of ether oxygens (including phenoxy) is 2. The van der Waals surface area contributed by atoms with Gasteiger partial charge < -0.3 is 9.47 Å². The number of carbonyl (C=O) groups excluding carboxylic acids is 1. The largest absolute Gasteiger partial charge is 0.497 e. The minimum absolute atomic E-state index is 0.0348. The van der Waals surface area contributed by atoms with E-state index in [9.17, 15) is 13.2 Å². The van der Waals surface area contributed by atoms with Crippen LogP contribution in [0.4, 0.5) is 5.69 Å². The molecule has 0 atom stereocenters. The van der Waals surface area contributed by atoms with Crippen molar-refractivity contribution in [3.63, 3.8) is 0 Å². The summed E-state index contributed by atoms with van der Waals surface area (Å²) in [6.07, 6.45) is 5.40. The molecule has 2 aromatic rings. The Morgan fingerprint density at radius 1 is 1.15 bits per heavy atom. The zero-order valence-electron chi connectivity index (χ0n) is 14.7. The van der Waals surface area contributed by atoms with Gasteiger partial charge in [-0.05, 0) is 42.8 Å². The fourth-order valence-corrected chi connectivity index (χ4v) is 3.97. The van der Waals surface area contributed by atoms with Gasteiger partial charge in [0.1, 0.15) is 5.75 Å². The highest BCUT2D eigenvalue weighted by Crippen LogP contribution is 2.31. The Balaban J connectivity index is 2.66. The fourth-order valence-electron chi connectivity index (χ4n) is 2.51. The molecule has 0 spiro atoms. The molecule has 0 aliphatic heterocycles. The molecule has 2 rings (SSSR count). The summed E-state index contributed by atoms with van der Waals surface area (Å²) in [7, 11) is -1.28. The molecule has 26 heavy (non-hydrogen) atoms. The van der Waals surface area contributed by atoms with Gasteiger partial charge in [0.25, 0.3) is 10.0 Å². The first-order valence-corrected chi connectivity index (χ1v) is 9.09. The third kappa shape index (κ3) is 3.65. The number of anilines is 1. The molecular formula is C19H19NO5S. The lowest BCUT2D eigenvalue weighted by molar-refractivity contribution is 0.0601. The summed E-state index contributed by atoms with van der Waals surface area (Å²) < 4.78 is 37.2. The van der Waals surface area contributed by atoms with E-state index in [1.54, 1.807) is 31.2 Å². The van der Waals surface area contributed by atoms with Crippen molar-refractivity contribution in [3.8, 4) is 18.1 Å². The molecule has 0 heterocycles. The van der Waals surface area contributed by atoms with Gasteiger partial charge in [-0.15, -0.1) is 6.42 Å². The third-order valence-electron chi connectivity index (χ3n) is 3.77. The quantitative estimate of drug-likeness (QED) is 0.575. The van der Waals surface area contributed by atoms with Crippen LogP contribution in [0.15, 0.2) is 47.4 Å². The number of aryl methyl sites for hydroxylation is 1. The lowest BCUT2D eigenvalue weighted by Gasteiger charge is -2.26. The molecule has 0 saturated heterocycles. The monoisotopic (exact) mass is 373 g/mol. The number of hydrogen-bond donors (Lipinski definition) is 0. The Morgan fingerprint density at radius 3 is 2.35 bits per heavy atom. The van der Waals surface area contributed by atoms with Gasteiger partial charge >= 0.3 is 5.97 Å². The molecule has 0 N–H and O–H groups in total. The van der Waals surface area contributed by atoms with Crippen molar-refractivity contribution in [2.24, 2.45) is 0 Å². The van der Waals surface area contributed by atoms with Gasteiger partial charge in [-0.1, -0.05) is 18.1 Å². The van der Waals surface area contributed by atoms with Crippen LogP contribution >= 0.6 is 0 Å². The Morgan fingerprint density at radius 2 is 1.81 bits per heavy atom. The second kappa shape index (κ2) is 7.93. The van der Waals surface area contributed by atoms with Gasteiger partial charge in [0.2, 0.25) is 0 Å². The number of para-hydroxylation sites is 1. The van der Waals surface area contributed by atoms with E-state index in [2.05, 4.69) is 5.92 Å². The van der Waals surface area contributed by atoms with Crippen LogP contribution in [0.1, 0.15) is 15.9 Å². The maximum absolute atomic E-state index is 13.2. The standard InChI is InChI=1S/C19H19NO5S/c1-5-13-20(18-14(2)7-6-8-17(18)19(21)25-4)26(22,23)16-11-9-15(24-3)10-12-16/h1,6-12H,13H2,2-4H3. The van der Waals surface area contributed by atoms with E-state index in [1.165, 1.54) is 32.4 Å². The highest BCUT2D eigenvalue weighted by atomic mass is 32.2. The number of benzene rings is 2. The van der Waals surface area contributed by atoms with E-state index < -0.39 is 16.0 Å². The normalized spacial score (nSPS) is 10.7. The lowest BCUT2D eigenvalue weighted by atomic mass is 10.1. The van der Waals surface area contributed by atoms with Crippen molar-refractivity contribution < 1.29 is 22.7 Å². The number of sulfonamides is 1. The number of methoxy groups -OCH3 is 2. The second-order valence-electron chi connectivity index (χ2n) is 5.35. The van der Waals surface area contributed by atoms with Crippen LogP contribution in [-0.2, 0) is 14.8 Å². The van der Waals surface area contributed by atoms with Gasteiger partial charge in [-0.2, -0.15) is 0 Å². The molecule has 0 fully saturated rings. The first-order chi connectivity index (χ1) is 12.4. The van der Waals surface area contributed by atoms with E-state index in [4.69, 9.17) is 15.9 Å². The number of hydrogen-bond acceptors (Lipinski definition) is 5. The predicted molar refractivity (Wildman–Crippen MR) is 98.9 cm³/mol. The topological polar surface area (TPSA) is 72.9 Å². The van der Waals surface area contributed by atoms with Crippen molar-refractivity contribution in [2.45, 2.75) is 11.8 Å². The number of terminal acetylenes is 1.